The second kappa shape index (κ2) is 14.1. The summed E-state index contributed by atoms with van der Waals surface area (Å²) >= 11 is 0. The molecule has 2 aromatic rings. The van der Waals surface area contributed by atoms with Gasteiger partial charge in [0.2, 0.25) is 0 Å². The first kappa shape index (κ1) is 37.0. The van der Waals surface area contributed by atoms with Gasteiger partial charge in [-0.05, 0) is 31.3 Å². The molecule has 8 nitrogen and oxygen atoms in total. The summed E-state index contributed by atoms with van der Waals surface area (Å²) in [6.45, 7) is 1.28. The van der Waals surface area contributed by atoms with E-state index in [2.05, 4.69) is 0 Å². The van der Waals surface area contributed by atoms with Crippen LogP contribution in [0.15, 0.2) is 72.3 Å². The number of rotatable bonds is 14. The summed E-state index contributed by atoms with van der Waals surface area (Å²) in [6.07, 6.45) is -11.5. The molecule has 0 aromatic heterocycles. The maximum atomic E-state index is 14.6. The normalized spacial score (nSPS) is 18.5. The minimum Gasteiger partial charge on any atom is -0.459 e. The van der Waals surface area contributed by atoms with Crippen molar-refractivity contribution in [3.05, 3.63) is 83.4 Å². The minimum absolute atomic E-state index is 0.0439. The Kier molecular flexibility index (Phi) is 11.4. The van der Waals surface area contributed by atoms with E-state index >= 15 is 0 Å². The number of methoxy groups -OCH3 is 2. The molecular formula is C31H34F6O8S. The van der Waals surface area contributed by atoms with Crippen molar-refractivity contribution < 1.29 is 63.3 Å². The second-order valence-electron chi connectivity index (χ2n) is 10.9. The summed E-state index contributed by atoms with van der Waals surface area (Å²) in [6, 6.07) is 11.9. The van der Waals surface area contributed by atoms with E-state index in [4.69, 9.17) is 18.9 Å². The summed E-state index contributed by atoms with van der Waals surface area (Å²) < 4.78 is 131. The van der Waals surface area contributed by atoms with Gasteiger partial charge in [-0.25, -0.2) is 18.0 Å². The molecule has 46 heavy (non-hydrogen) atoms. The molecule has 0 radical (unpaired) electrons. The molecule has 1 fully saturated rings. The van der Waals surface area contributed by atoms with Gasteiger partial charge in [0.25, 0.3) is 11.2 Å². The zero-order valence-corrected chi connectivity index (χ0v) is 26.2. The Hall–Kier alpha value is -3.43. The molecular weight excluding hydrogens is 646 g/mol. The molecule has 4 atom stereocenters. The Labute approximate surface area is 262 Å². The van der Waals surface area contributed by atoms with E-state index in [0.29, 0.717) is 27.1 Å². The number of carbonyl (C=O) groups excluding carboxylic acids is 2. The average Bonchev–Trinajstić information content (AvgIpc) is 3.81. The van der Waals surface area contributed by atoms with Gasteiger partial charge in [-0.3, -0.25) is 0 Å². The fourth-order valence-corrected chi connectivity index (χ4v) is 5.53. The monoisotopic (exact) mass is 680 g/mol. The van der Waals surface area contributed by atoms with Crippen molar-refractivity contribution >= 4 is 21.8 Å². The molecule has 1 aliphatic carbocycles. The zero-order valence-electron chi connectivity index (χ0n) is 25.4. The number of halogens is 6. The van der Waals surface area contributed by atoms with Crippen molar-refractivity contribution in [2.45, 2.75) is 61.9 Å². The number of benzene rings is 2. The quantitative estimate of drug-likeness (QED) is 0.140. The molecule has 3 rings (SSSR count). The van der Waals surface area contributed by atoms with Crippen LogP contribution >= 0.6 is 0 Å². The number of alkyl halides is 6. The van der Waals surface area contributed by atoms with Crippen LogP contribution in [0.5, 0.6) is 0 Å². The average molecular weight is 681 g/mol. The smallest absolute Gasteiger partial charge is 0.432 e. The maximum Gasteiger partial charge on any atom is 0.432 e. The highest BCUT2D eigenvalue weighted by molar-refractivity contribution is 7.90. The van der Waals surface area contributed by atoms with Crippen LogP contribution in [0.4, 0.5) is 26.3 Å². The second-order valence-corrected chi connectivity index (χ2v) is 13.1. The van der Waals surface area contributed by atoms with E-state index in [9.17, 15) is 44.3 Å². The molecule has 0 spiro atoms. The van der Waals surface area contributed by atoms with Gasteiger partial charge in [-0.15, -0.1) is 0 Å². The Morgan fingerprint density at radius 1 is 0.804 bits per heavy atom. The molecule has 2 aromatic carbocycles. The SMILES string of the molecule is CO[C@@](C(=O)O[C@@H](C[C@@H](OC(=O)[C@](OC)(c1ccccc1)C(F)(F)F)C1CC1)/C(C)=C\CS(C)(=O)=O)(c1ccccc1)C(F)(F)F. The topological polar surface area (TPSA) is 105 Å². The van der Waals surface area contributed by atoms with Gasteiger partial charge in [0.1, 0.15) is 12.2 Å². The van der Waals surface area contributed by atoms with Gasteiger partial charge < -0.3 is 18.9 Å². The molecule has 0 unspecified atom stereocenters. The number of ether oxygens (including phenoxy) is 4. The molecule has 254 valence electrons. The summed E-state index contributed by atoms with van der Waals surface area (Å²) in [4.78, 5) is 26.9. The summed E-state index contributed by atoms with van der Waals surface area (Å²) in [5, 5.41) is 0. The van der Waals surface area contributed by atoms with Crippen LogP contribution in [-0.4, -0.2) is 71.1 Å². The van der Waals surface area contributed by atoms with Crippen molar-refractivity contribution in [3.8, 4) is 0 Å². The maximum absolute atomic E-state index is 14.6. The van der Waals surface area contributed by atoms with Crippen molar-refractivity contribution in [3.63, 3.8) is 0 Å². The van der Waals surface area contributed by atoms with Crippen molar-refractivity contribution in [1.82, 2.24) is 0 Å². The number of carbonyl (C=O) groups is 2. The van der Waals surface area contributed by atoms with E-state index in [0.717, 1.165) is 36.6 Å². The number of hydrogen-bond donors (Lipinski definition) is 0. The lowest BCUT2D eigenvalue weighted by Gasteiger charge is -2.36. The van der Waals surface area contributed by atoms with Crippen molar-refractivity contribution in [2.75, 3.05) is 26.2 Å². The number of esters is 2. The molecule has 0 bridgehead atoms. The molecule has 1 saturated carbocycles. The van der Waals surface area contributed by atoms with Crippen LogP contribution in [0.2, 0.25) is 0 Å². The largest absolute Gasteiger partial charge is 0.459 e. The fraction of sp³-hybridized carbons (Fsp3) is 0.484. The first-order valence-corrected chi connectivity index (χ1v) is 16.0. The van der Waals surface area contributed by atoms with Crippen LogP contribution in [0.25, 0.3) is 0 Å². The lowest BCUT2D eigenvalue weighted by atomic mass is 9.92. The Morgan fingerprint density at radius 2 is 1.22 bits per heavy atom. The highest BCUT2D eigenvalue weighted by atomic mass is 32.2. The van der Waals surface area contributed by atoms with Crippen LogP contribution in [0.3, 0.4) is 0 Å². The lowest BCUT2D eigenvalue weighted by Crippen LogP contribution is -2.53. The standard InChI is InChI=1S/C31H34F6O8S/c1-20(17-18-46(4,40)41)24(44-26(38)28(42-2,30(32,33)34)22-11-7-5-8-12-22)19-25(21-15-16-21)45-27(39)29(43-3,31(35,36)37)23-13-9-6-10-14-23/h5-14,17,21,24-25H,15-16,18-19H2,1-4H3/b20-17-/t24-,25+,28+,29+/m0/s1. The highest BCUT2D eigenvalue weighted by Gasteiger charge is 2.66. The molecule has 0 N–H and O–H groups in total. The summed E-state index contributed by atoms with van der Waals surface area (Å²) in [5.74, 6) is -4.88. The molecule has 0 aliphatic heterocycles. The van der Waals surface area contributed by atoms with Crippen molar-refractivity contribution in [1.29, 1.82) is 0 Å². The van der Waals surface area contributed by atoms with Gasteiger partial charge in [-0.2, -0.15) is 26.3 Å². The van der Waals surface area contributed by atoms with Gasteiger partial charge in [0.15, 0.2) is 9.84 Å². The molecule has 1 aliphatic rings. The highest BCUT2D eigenvalue weighted by Crippen LogP contribution is 2.46. The van der Waals surface area contributed by atoms with E-state index in [-0.39, 0.29) is 5.57 Å². The van der Waals surface area contributed by atoms with Crippen LogP contribution < -0.4 is 0 Å². The summed E-state index contributed by atoms with van der Waals surface area (Å²) in [5.41, 5.74) is -8.41. The Bertz CT molecular complexity index is 1490. The molecule has 0 heterocycles. The van der Waals surface area contributed by atoms with Gasteiger partial charge >= 0.3 is 24.3 Å². The van der Waals surface area contributed by atoms with E-state index in [1.165, 1.54) is 43.3 Å². The third-order valence-electron chi connectivity index (χ3n) is 7.66. The molecule has 0 amide bonds. The van der Waals surface area contributed by atoms with E-state index in [1.807, 2.05) is 0 Å². The third kappa shape index (κ3) is 7.92. The predicted molar refractivity (Wildman–Crippen MR) is 153 cm³/mol. The van der Waals surface area contributed by atoms with Gasteiger partial charge in [0, 0.05) is 38.0 Å². The van der Waals surface area contributed by atoms with Crippen LogP contribution in [0.1, 0.15) is 37.3 Å². The predicted octanol–water partition coefficient (Wildman–Crippen LogP) is 5.81. The van der Waals surface area contributed by atoms with Crippen LogP contribution in [0, 0.1) is 5.92 Å². The molecule has 0 saturated heterocycles. The minimum atomic E-state index is -5.35. The first-order chi connectivity index (χ1) is 21.3. The third-order valence-corrected chi connectivity index (χ3v) is 8.44. The summed E-state index contributed by atoms with van der Waals surface area (Å²) in [7, 11) is -2.31. The first-order valence-electron chi connectivity index (χ1n) is 14.0. The zero-order chi connectivity index (χ0) is 34.6. The van der Waals surface area contributed by atoms with E-state index in [1.54, 1.807) is 0 Å². The van der Waals surface area contributed by atoms with E-state index < -0.39 is 86.8 Å². The van der Waals surface area contributed by atoms with Crippen LogP contribution in [-0.2, 0) is 49.6 Å². The fourth-order valence-electron chi connectivity index (χ4n) is 4.96. The lowest BCUT2D eigenvalue weighted by molar-refractivity contribution is -0.279. The molecule has 15 heteroatoms. The Balaban J connectivity index is 2.05. The van der Waals surface area contributed by atoms with Gasteiger partial charge in [0.05, 0.1) is 5.75 Å². The number of hydrogen-bond acceptors (Lipinski definition) is 8. The van der Waals surface area contributed by atoms with Gasteiger partial charge in [-0.1, -0.05) is 66.7 Å². The Morgan fingerprint density at radius 3 is 1.57 bits per heavy atom. The number of sulfone groups is 1. The van der Waals surface area contributed by atoms with Crippen molar-refractivity contribution in [2.24, 2.45) is 5.92 Å².